The van der Waals surface area contributed by atoms with E-state index in [9.17, 15) is 22.4 Å². The molecular weight excluding hydrogens is 581 g/mol. The minimum Gasteiger partial charge on any atom is -0.497 e. The van der Waals surface area contributed by atoms with Crippen LogP contribution in [0.5, 0.6) is 5.75 Å². The van der Waals surface area contributed by atoms with Crippen molar-refractivity contribution in [1.82, 2.24) is 10.2 Å². The molecule has 0 unspecified atom stereocenters. The molecule has 0 fully saturated rings. The van der Waals surface area contributed by atoms with Gasteiger partial charge in [-0.3, -0.25) is 13.9 Å². The first-order chi connectivity index (χ1) is 21.2. The van der Waals surface area contributed by atoms with Gasteiger partial charge in [0.2, 0.25) is 11.8 Å². The van der Waals surface area contributed by atoms with E-state index in [4.69, 9.17) is 4.74 Å². The molecule has 0 aliphatic heterocycles. The first kappa shape index (κ1) is 32.2. The molecular formula is C34H36FN3O5S. The Balaban J connectivity index is 1.77. The molecule has 10 heteroatoms. The predicted molar refractivity (Wildman–Crippen MR) is 168 cm³/mol. The average Bonchev–Trinajstić information content (AvgIpc) is 3.05. The predicted octanol–water partition coefficient (Wildman–Crippen LogP) is 5.20. The summed E-state index contributed by atoms with van der Waals surface area (Å²) in [5.74, 6) is -0.911. The maximum absolute atomic E-state index is 14.3. The molecule has 0 aliphatic carbocycles. The topological polar surface area (TPSA) is 96.0 Å². The highest BCUT2D eigenvalue weighted by atomic mass is 32.2. The molecule has 230 valence electrons. The summed E-state index contributed by atoms with van der Waals surface area (Å²) in [6.45, 7) is 1.72. The Bertz CT molecular complexity index is 1620. The van der Waals surface area contributed by atoms with Gasteiger partial charge in [0.1, 0.15) is 24.2 Å². The Morgan fingerprint density at radius 2 is 1.45 bits per heavy atom. The van der Waals surface area contributed by atoms with Crippen molar-refractivity contribution in [3.63, 3.8) is 0 Å². The number of ether oxygens (including phenoxy) is 1. The third kappa shape index (κ3) is 8.23. The molecule has 2 amide bonds. The number of carbonyl (C=O) groups is 2. The number of hydrogen-bond donors (Lipinski definition) is 1. The number of amides is 2. The third-order valence-corrected chi connectivity index (χ3v) is 8.85. The van der Waals surface area contributed by atoms with E-state index in [0.717, 1.165) is 9.87 Å². The molecule has 8 nitrogen and oxygen atoms in total. The molecule has 4 aromatic carbocycles. The SMILES string of the molecule is CCCNC(=O)[C@H](Cc1ccccc1)N(Cc1ccc(F)cc1)C(=O)CN(c1ccccc1)S(=O)(=O)c1ccc(OC)cc1. The van der Waals surface area contributed by atoms with Crippen molar-refractivity contribution in [3.05, 3.63) is 126 Å². The Morgan fingerprint density at radius 1 is 0.841 bits per heavy atom. The van der Waals surface area contributed by atoms with Crippen LogP contribution in [-0.4, -0.2) is 51.4 Å². The van der Waals surface area contributed by atoms with E-state index in [-0.39, 0.29) is 29.5 Å². The zero-order valence-corrected chi connectivity index (χ0v) is 25.5. The van der Waals surface area contributed by atoms with E-state index in [1.54, 1.807) is 42.5 Å². The van der Waals surface area contributed by atoms with Gasteiger partial charge in [0.15, 0.2) is 0 Å². The second-order valence-electron chi connectivity index (χ2n) is 10.2. The molecule has 4 aromatic rings. The minimum absolute atomic E-state index is 0.0263. The molecule has 1 N–H and O–H groups in total. The second-order valence-corrected chi connectivity index (χ2v) is 12.0. The molecule has 0 aliphatic rings. The lowest BCUT2D eigenvalue weighted by molar-refractivity contribution is -0.140. The van der Waals surface area contributed by atoms with Crippen LogP contribution < -0.4 is 14.4 Å². The van der Waals surface area contributed by atoms with Gasteiger partial charge in [-0.2, -0.15) is 0 Å². The van der Waals surface area contributed by atoms with Crippen LogP contribution in [0, 0.1) is 5.82 Å². The molecule has 0 radical (unpaired) electrons. The first-order valence-electron chi connectivity index (χ1n) is 14.3. The van der Waals surface area contributed by atoms with Crippen LogP contribution in [0.1, 0.15) is 24.5 Å². The molecule has 0 heterocycles. The molecule has 1 atom stereocenters. The molecule has 0 saturated heterocycles. The van der Waals surface area contributed by atoms with Gasteiger partial charge in [0.05, 0.1) is 17.7 Å². The normalized spacial score (nSPS) is 11.8. The fraction of sp³-hybridized carbons (Fsp3) is 0.235. The lowest BCUT2D eigenvalue weighted by atomic mass is 10.0. The fourth-order valence-corrected chi connectivity index (χ4v) is 6.12. The summed E-state index contributed by atoms with van der Waals surface area (Å²) in [5, 5.41) is 2.90. The number of rotatable bonds is 14. The Labute approximate surface area is 258 Å². The van der Waals surface area contributed by atoms with E-state index in [2.05, 4.69) is 5.32 Å². The Morgan fingerprint density at radius 3 is 2.05 bits per heavy atom. The molecule has 0 spiro atoms. The Hall–Kier alpha value is -4.70. The van der Waals surface area contributed by atoms with Gasteiger partial charge < -0.3 is 15.0 Å². The number of sulfonamides is 1. The molecule has 0 bridgehead atoms. The highest BCUT2D eigenvalue weighted by Crippen LogP contribution is 2.26. The molecule has 44 heavy (non-hydrogen) atoms. The number of halogens is 1. The summed E-state index contributed by atoms with van der Waals surface area (Å²) in [6, 6.07) is 28.2. The number of nitrogens with one attached hydrogen (secondary N) is 1. The molecule has 0 aromatic heterocycles. The van der Waals surface area contributed by atoms with E-state index in [0.29, 0.717) is 24.3 Å². The maximum atomic E-state index is 14.3. The summed E-state index contributed by atoms with van der Waals surface area (Å²) in [6.07, 6.45) is 0.886. The van der Waals surface area contributed by atoms with Gasteiger partial charge in [-0.15, -0.1) is 0 Å². The van der Waals surface area contributed by atoms with Crippen LogP contribution in [0.3, 0.4) is 0 Å². The summed E-state index contributed by atoms with van der Waals surface area (Å²) >= 11 is 0. The van der Waals surface area contributed by atoms with Gasteiger partial charge in [0.25, 0.3) is 10.0 Å². The second kappa shape index (κ2) is 15.2. The number of para-hydroxylation sites is 1. The summed E-state index contributed by atoms with van der Waals surface area (Å²) in [5.41, 5.74) is 1.70. The summed E-state index contributed by atoms with van der Waals surface area (Å²) in [7, 11) is -2.74. The van der Waals surface area contributed by atoms with Gasteiger partial charge >= 0.3 is 0 Å². The van der Waals surface area contributed by atoms with Crippen molar-refractivity contribution < 1.29 is 27.1 Å². The number of anilines is 1. The van der Waals surface area contributed by atoms with E-state index >= 15 is 0 Å². The van der Waals surface area contributed by atoms with Gasteiger partial charge in [0, 0.05) is 19.5 Å². The van der Waals surface area contributed by atoms with Gasteiger partial charge in [-0.25, -0.2) is 12.8 Å². The van der Waals surface area contributed by atoms with Crippen molar-refractivity contribution in [2.24, 2.45) is 0 Å². The van der Waals surface area contributed by atoms with Crippen LogP contribution >= 0.6 is 0 Å². The number of benzene rings is 4. The summed E-state index contributed by atoms with van der Waals surface area (Å²) in [4.78, 5) is 29.3. The maximum Gasteiger partial charge on any atom is 0.264 e. The van der Waals surface area contributed by atoms with Crippen molar-refractivity contribution in [1.29, 1.82) is 0 Å². The quantitative estimate of drug-likeness (QED) is 0.210. The van der Waals surface area contributed by atoms with Crippen LogP contribution in [0.4, 0.5) is 10.1 Å². The zero-order valence-electron chi connectivity index (χ0n) is 24.7. The largest absolute Gasteiger partial charge is 0.497 e. The highest BCUT2D eigenvalue weighted by Gasteiger charge is 2.34. The molecule has 4 rings (SSSR count). The van der Waals surface area contributed by atoms with E-state index in [1.165, 1.54) is 48.4 Å². The van der Waals surface area contributed by atoms with Crippen LogP contribution in [-0.2, 0) is 32.6 Å². The van der Waals surface area contributed by atoms with Gasteiger partial charge in [-0.1, -0.05) is 67.6 Å². The minimum atomic E-state index is -4.23. The highest BCUT2D eigenvalue weighted by molar-refractivity contribution is 7.92. The smallest absolute Gasteiger partial charge is 0.264 e. The average molecular weight is 618 g/mol. The van der Waals surface area contributed by atoms with Crippen LogP contribution in [0.15, 0.2) is 114 Å². The number of nitrogens with zero attached hydrogens (tertiary/aromatic N) is 2. The standard InChI is InChI=1S/C34H36FN3O5S/c1-3-22-36-34(40)32(23-26-10-6-4-7-11-26)37(24-27-14-16-28(35)17-15-27)33(39)25-38(29-12-8-5-9-13-29)44(41,42)31-20-18-30(43-2)19-21-31/h4-21,32H,3,22-25H2,1-2H3,(H,36,40)/t32-/m0/s1. The molecule has 0 saturated carbocycles. The lowest BCUT2D eigenvalue weighted by Gasteiger charge is -2.34. The van der Waals surface area contributed by atoms with E-state index < -0.39 is 34.3 Å². The van der Waals surface area contributed by atoms with Crippen LogP contribution in [0.25, 0.3) is 0 Å². The first-order valence-corrected chi connectivity index (χ1v) is 15.7. The third-order valence-electron chi connectivity index (χ3n) is 7.06. The Kier molecular flexibility index (Phi) is 11.1. The fourth-order valence-electron chi connectivity index (χ4n) is 4.70. The van der Waals surface area contributed by atoms with Crippen molar-refractivity contribution in [2.75, 3.05) is 24.5 Å². The van der Waals surface area contributed by atoms with Crippen molar-refractivity contribution >= 4 is 27.5 Å². The van der Waals surface area contributed by atoms with Crippen molar-refractivity contribution in [3.8, 4) is 5.75 Å². The van der Waals surface area contributed by atoms with E-state index in [1.807, 2.05) is 37.3 Å². The van der Waals surface area contributed by atoms with Crippen molar-refractivity contribution in [2.45, 2.75) is 37.2 Å². The number of carbonyl (C=O) groups excluding carboxylic acids is 2. The summed E-state index contributed by atoms with van der Waals surface area (Å²) < 4.78 is 48.0. The number of methoxy groups -OCH3 is 1. The monoisotopic (exact) mass is 617 g/mol. The lowest BCUT2D eigenvalue weighted by Crippen LogP contribution is -2.53. The zero-order chi connectivity index (χ0) is 31.5. The number of hydrogen-bond acceptors (Lipinski definition) is 5. The van der Waals surface area contributed by atoms with Gasteiger partial charge in [-0.05, 0) is 66.1 Å². The van der Waals surface area contributed by atoms with Crippen LogP contribution in [0.2, 0.25) is 0 Å².